The highest BCUT2D eigenvalue weighted by Crippen LogP contribution is 2.59. The van der Waals surface area contributed by atoms with Crippen LogP contribution >= 0.6 is 0 Å². The molecule has 0 bridgehead atoms. The molecule has 2 aliphatic rings. The predicted octanol–water partition coefficient (Wildman–Crippen LogP) is 1.77. The van der Waals surface area contributed by atoms with Crippen LogP contribution in [0.5, 0.6) is 0 Å². The van der Waals surface area contributed by atoms with Crippen molar-refractivity contribution >= 4 is 16.7 Å². The molecule has 1 saturated carbocycles. The third-order valence-electron chi connectivity index (χ3n) is 5.14. The van der Waals surface area contributed by atoms with Crippen molar-refractivity contribution in [2.75, 3.05) is 26.4 Å². The molecule has 5 heteroatoms. The second-order valence-electron chi connectivity index (χ2n) is 6.66. The standard InChI is InChI=1S/C17H24N2O2S/c1-19(12-13-3-5-14(6-4-13)22(2)21)16(20)15-11-17(15)7-9-18-10-8-17/h3-6,15,18H,7-12H2,1-2H3. The number of carbonyl (C=O) groups excluding carboxylic acids is 1. The molecular formula is C17H24N2O2S. The Morgan fingerprint density at radius 2 is 1.95 bits per heavy atom. The Bertz CT molecular complexity index is 579. The lowest BCUT2D eigenvalue weighted by molar-refractivity contribution is -0.132. The first kappa shape index (κ1) is 15.7. The molecule has 1 amide bonds. The molecule has 3 rings (SSSR count). The summed E-state index contributed by atoms with van der Waals surface area (Å²) in [5.74, 6) is 0.507. The zero-order valence-corrected chi connectivity index (χ0v) is 14.1. The Kier molecular flexibility index (Phi) is 4.37. The van der Waals surface area contributed by atoms with Gasteiger partial charge in [-0.15, -0.1) is 0 Å². The molecular weight excluding hydrogens is 296 g/mol. The van der Waals surface area contributed by atoms with E-state index in [0.717, 1.165) is 42.8 Å². The van der Waals surface area contributed by atoms with Gasteiger partial charge in [0.1, 0.15) is 0 Å². The number of benzene rings is 1. The van der Waals surface area contributed by atoms with Crippen molar-refractivity contribution in [2.24, 2.45) is 11.3 Å². The van der Waals surface area contributed by atoms with E-state index in [0.29, 0.717) is 12.0 Å². The van der Waals surface area contributed by atoms with Crippen LogP contribution in [-0.2, 0) is 22.1 Å². The first-order chi connectivity index (χ1) is 10.5. The van der Waals surface area contributed by atoms with Gasteiger partial charge in [0.2, 0.25) is 5.91 Å². The highest BCUT2D eigenvalue weighted by molar-refractivity contribution is 7.84. The Morgan fingerprint density at radius 3 is 2.55 bits per heavy atom. The Labute approximate surface area is 134 Å². The monoisotopic (exact) mass is 320 g/mol. The Hall–Kier alpha value is -1.20. The third-order valence-corrected chi connectivity index (χ3v) is 6.07. The van der Waals surface area contributed by atoms with Gasteiger partial charge in [0.05, 0.1) is 0 Å². The molecule has 1 aromatic rings. The number of rotatable bonds is 4. The third kappa shape index (κ3) is 3.10. The smallest absolute Gasteiger partial charge is 0.226 e. The zero-order chi connectivity index (χ0) is 15.7. The fraction of sp³-hybridized carbons (Fsp3) is 0.588. The number of piperidine rings is 1. The summed E-state index contributed by atoms with van der Waals surface area (Å²) in [6, 6.07) is 7.70. The van der Waals surface area contributed by atoms with Crippen molar-refractivity contribution in [1.29, 1.82) is 0 Å². The summed E-state index contributed by atoms with van der Waals surface area (Å²) in [4.78, 5) is 15.3. The van der Waals surface area contributed by atoms with Gasteiger partial charge in [0.15, 0.2) is 0 Å². The van der Waals surface area contributed by atoms with E-state index in [1.807, 2.05) is 36.2 Å². The van der Waals surface area contributed by atoms with Crippen molar-refractivity contribution in [1.82, 2.24) is 10.2 Å². The van der Waals surface area contributed by atoms with Gasteiger partial charge in [-0.1, -0.05) is 12.1 Å². The van der Waals surface area contributed by atoms with Crippen molar-refractivity contribution in [2.45, 2.75) is 30.7 Å². The lowest BCUT2D eigenvalue weighted by Gasteiger charge is -2.25. The molecule has 22 heavy (non-hydrogen) atoms. The quantitative estimate of drug-likeness (QED) is 0.920. The molecule has 1 N–H and O–H groups in total. The van der Waals surface area contributed by atoms with Crippen LogP contribution in [0.1, 0.15) is 24.8 Å². The lowest BCUT2D eigenvalue weighted by atomic mass is 9.91. The minimum atomic E-state index is -0.950. The van der Waals surface area contributed by atoms with Crippen LogP contribution in [0, 0.1) is 11.3 Å². The fourth-order valence-corrected chi connectivity index (χ4v) is 4.10. The summed E-state index contributed by atoms with van der Waals surface area (Å²) in [6.45, 7) is 2.71. The summed E-state index contributed by atoms with van der Waals surface area (Å²) >= 11 is 0. The maximum Gasteiger partial charge on any atom is 0.226 e. The molecule has 2 atom stereocenters. The number of amides is 1. The first-order valence-corrected chi connectivity index (χ1v) is 9.46. The summed E-state index contributed by atoms with van der Waals surface area (Å²) < 4.78 is 11.4. The van der Waals surface area contributed by atoms with Crippen molar-refractivity contribution < 1.29 is 9.00 Å². The Morgan fingerprint density at radius 1 is 1.32 bits per heavy atom. The van der Waals surface area contributed by atoms with E-state index < -0.39 is 10.8 Å². The molecule has 2 unspecified atom stereocenters. The Balaban J connectivity index is 1.59. The molecule has 120 valence electrons. The van der Waals surface area contributed by atoms with Gasteiger partial charge in [0.25, 0.3) is 0 Å². The first-order valence-electron chi connectivity index (χ1n) is 7.90. The summed E-state index contributed by atoms with van der Waals surface area (Å²) in [7, 11) is 0.940. The summed E-state index contributed by atoms with van der Waals surface area (Å²) in [5.41, 5.74) is 1.38. The second-order valence-corrected chi connectivity index (χ2v) is 8.04. The zero-order valence-electron chi connectivity index (χ0n) is 13.3. The van der Waals surface area contributed by atoms with Crippen LogP contribution in [0.2, 0.25) is 0 Å². The molecule has 0 radical (unpaired) electrons. The average molecular weight is 320 g/mol. The lowest BCUT2D eigenvalue weighted by Crippen LogP contribution is -2.34. The van der Waals surface area contributed by atoms with E-state index in [1.54, 1.807) is 6.26 Å². The van der Waals surface area contributed by atoms with E-state index in [-0.39, 0.29) is 11.8 Å². The van der Waals surface area contributed by atoms with Gasteiger partial charge in [-0.05, 0) is 55.5 Å². The number of hydrogen-bond acceptors (Lipinski definition) is 3. The molecule has 1 aliphatic carbocycles. The number of hydrogen-bond donors (Lipinski definition) is 1. The van der Waals surface area contributed by atoms with Crippen LogP contribution in [0.4, 0.5) is 0 Å². The molecule has 1 aromatic carbocycles. The molecule has 4 nitrogen and oxygen atoms in total. The van der Waals surface area contributed by atoms with E-state index >= 15 is 0 Å². The highest BCUT2D eigenvalue weighted by atomic mass is 32.2. The van der Waals surface area contributed by atoms with Crippen molar-refractivity contribution in [3.05, 3.63) is 29.8 Å². The average Bonchev–Trinajstić information content (AvgIpc) is 3.20. The molecule has 2 fully saturated rings. The predicted molar refractivity (Wildman–Crippen MR) is 87.9 cm³/mol. The fourth-order valence-electron chi connectivity index (χ4n) is 3.58. The minimum absolute atomic E-state index is 0.224. The van der Waals surface area contributed by atoms with E-state index in [1.165, 1.54) is 0 Å². The number of carbonyl (C=O) groups is 1. The molecule has 1 spiro atoms. The van der Waals surface area contributed by atoms with Crippen LogP contribution in [0.25, 0.3) is 0 Å². The van der Waals surface area contributed by atoms with Crippen molar-refractivity contribution in [3.63, 3.8) is 0 Å². The maximum absolute atomic E-state index is 12.6. The van der Waals surface area contributed by atoms with Crippen molar-refractivity contribution in [3.8, 4) is 0 Å². The second kappa shape index (κ2) is 6.13. The van der Waals surface area contributed by atoms with Gasteiger partial charge in [-0.2, -0.15) is 0 Å². The molecule has 1 heterocycles. The van der Waals surface area contributed by atoms with Crippen LogP contribution < -0.4 is 5.32 Å². The maximum atomic E-state index is 12.6. The van der Waals surface area contributed by atoms with Crippen LogP contribution in [-0.4, -0.2) is 41.4 Å². The van der Waals surface area contributed by atoms with Gasteiger partial charge in [0, 0.05) is 41.5 Å². The SMILES string of the molecule is CN(Cc1ccc(S(C)=O)cc1)C(=O)C1CC12CCNCC2. The van der Waals surface area contributed by atoms with E-state index in [9.17, 15) is 9.00 Å². The summed E-state index contributed by atoms with van der Waals surface area (Å²) in [5, 5.41) is 3.37. The molecule has 0 aromatic heterocycles. The molecule has 1 aliphatic heterocycles. The number of nitrogens with one attached hydrogen (secondary N) is 1. The van der Waals surface area contributed by atoms with Crippen LogP contribution in [0.3, 0.4) is 0 Å². The van der Waals surface area contributed by atoms with Gasteiger partial charge in [-0.3, -0.25) is 9.00 Å². The van der Waals surface area contributed by atoms with Gasteiger partial charge < -0.3 is 10.2 Å². The van der Waals surface area contributed by atoms with E-state index in [2.05, 4.69) is 5.32 Å². The molecule has 1 saturated heterocycles. The number of nitrogens with zero attached hydrogens (tertiary/aromatic N) is 1. The highest BCUT2D eigenvalue weighted by Gasteiger charge is 2.58. The van der Waals surface area contributed by atoms with Gasteiger partial charge >= 0.3 is 0 Å². The topological polar surface area (TPSA) is 49.4 Å². The van der Waals surface area contributed by atoms with Gasteiger partial charge in [-0.25, -0.2) is 0 Å². The largest absolute Gasteiger partial charge is 0.341 e. The van der Waals surface area contributed by atoms with Crippen LogP contribution in [0.15, 0.2) is 29.2 Å². The van der Waals surface area contributed by atoms with E-state index in [4.69, 9.17) is 0 Å². The summed E-state index contributed by atoms with van der Waals surface area (Å²) in [6.07, 6.45) is 5.00. The normalized spacial score (nSPS) is 24.0. The minimum Gasteiger partial charge on any atom is -0.341 e.